The molecule has 7 nitrogen and oxygen atoms in total. The molecule has 1 heterocycles. The summed E-state index contributed by atoms with van der Waals surface area (Å²) in [4.78, 5) is 28.0. The fraction of sp³-hybridized carbons (Fsp3) is 0.207. The molecule has 0 unspecified atom stereocenters. The lowest BCUT2D eigenvalue weighted by Gasteiger charge is -2.22. The third-order valence-electron chi connectivity index (χ3n) is 5.86. The highest BCUT2D eigenvalue weighted by molar-refractivity contribution is 9.10. The van der Waals surface area contributed by atoms with Crippen LogP contribution in [0.2, 0.25) is 0 Å². The van der Waals surface area contributed by atoms with Crippen LogP contribution in [0.15, 0.2) is 89.4 Å². The Bertz CT molecular complexity index is 1340. The van der Waals surface area contributed by atoms with Crippen LogP contribution in [0.5, 0.6) is 5.75 Å². The molecule has 0 radical (unpaired) electrons. The molecule has 0 saturated carbocycles. The molecular formula is C29H29BrN4O3. The van der Waals surface area contributed by atoms with Crippen molar-refractivity contribution in [3.63, 3.8) is 0 Å². The quantitative estimate of drug-likeness (QED) is 0.251. The molecular weight excluding hydrogens is 532 g/mol. The first-order valence-corrected chi connectivity index (χ1v) is 12.9. The Kier molecular flexibility index (Phi) is 8.74. The fourth-order valence-corrected chi connectivity index (χ4v) is 4.14. The maximum atomic E-state index is 13.2. The maximum absolute atomic E-state index is 13.2. The highest BCUT2D eigenvalue weighted by atomic mass is 79.9. The van der Waals surface area contributed by atoms with Gasteiger partial charge in [-0.25, -0.2) is 4.68 Å². The average Bonchev–Trinajstić information content (AvgIpc) is 3.35. The monoisotopic (exact) mass is 560 g/mol. The van der Waals surface area contributed by atoms with Crippen LogP contribution in [-0.2, 0) is 4.79 Å². The first-order valence-electron chi connectivity index (χ1n) is 12.1. The van der Waals surface area contributed by atoms with Gasteiger partial charge >= 0.3 is 0 Å². The molecule has 0 atom stereocenters. The Morgan fingerprint density at radius 3 is 2.35 bits per heavy atom. The van der Waals surface area contributed by atoms with E-state index in [0.717, 1.165) is 40.0 Å². The number of carbonyl (C=O) groups is 2. The topological polar surface area (TPSA) is 76.5 Å². The van der Waals surface area contributed by atoms with Gasteiger partial charge in [-0.2, -0.15) is 5.10 Å². The molecule has 0 aliphatic carbocycles. The summed E-state index contributed by atoms with van der Waals surface area (Å²) in [7, 11) is 1.61. The van der Waals surface area contributed by atoms with Gasteiger partial charge in [0.25, 0.3) is 5.91 Å². The lowest BCUT2D eigenvalue weighted by atomic mass is 10.1. The smallest absolute Gasteiger partial charge is 0.254 e. The molecule has 0 bridgehead atoms. The van der Waals surface area contributed by atoms with Gasteiger partial charge in [0.05, 0.1) is 18.5 Å². The number of hydrogen-bond donors (Lipinski definition) is 1. The SMILES string of the molecule is CCCCN(CC(=O)Nc1cc(-c2ccccc2)nn1-c1ccc(OC)cc1)C(=O)c1ccc(Br)cc1. The molecule has 0 saturated heterocycles. The second kappa shape index (κ2) is 12.4. The van der Waals surface area contributed by atoms with Crippen molar-refractivity contribution in [1.29, 1.82) is 0 Å². The van der Waals surface area contributed by atoms with Crippen molar-refractivity contribution in [1.82, 2.24) is 14.7 Å². The number of nitrogens with zero attached hydrogens (tertiary/aromatic N) is 3. The van der Waals surface area contributed by atoms with Gasteiger partial charge in [0.15, 0.2) is 0 Å². The van der Waals surface area contributed by atoms with E-state index < -0.39 is 0 Å². The number of methoxy groups -OCH3 is 1. The number of nitrogens with one attached hydrogen (secondary N) is 1. The van der Waals surface area contributed by atoms with Gasteiger partial charge < -0.3 is 15.0 Å². The van der Waals surface area contributed by atoms with Gasteiger partial charge in [0.2, 0.25) is 5.91 Å². The summed E-state index contributed by atoms with van der Waals surface area (Å²) in [5.74, 6) is 0.768. The molecule has 190 valence electrons. The van der Waals surface area contributed by atoms with E-state index in [0.29, 0.717) is 17.9 Å². The standard InChI is InChI=1S/C29H29BrN4O3/c1-3-4-18-33(29(36)22-10-12-23(30)13-11-22)20-28(35)31-27-19-26(21-8-6-5-7-9-21)32-34(27)24-14-16-25(37-2)17-15-24/h5-17,19H,3-4,18,20H2,1-2H3,(H,31,35). The Hall–Kier alpha value is -3.91. The van der Waals surface area contributed by atoms with Gasteiger partial charge in [0.1, 0.15) is 18.1 Å². The van der Waals surface area contributed by atoms with Gasteiger partial charge in [-0.1, -0.05) is 59.6 Å². The zero-order valence-electron chi connectivity index (χ0n) is 20.9. The Labute approximate surface area is 225 Å². The largest absolute Gasteiger partial charge is 0.497 e. The number of rotatable bonds is 10. The van der Waals surface area contributed by atoms with Crippen LogP contribution < -0.4 is 10.1 Å². The predicted octanol–water partition coefficient (Wildman–Crippen LogP) is 6.19. The zero-order chi connectivity index (χ0) is 26.2. The second-order valence-electron chi connectivity index (χ2n) is 8.53. The second-order valence-corrected chi connectivity index (χ2v) is 9.44. The fourth-order valence-electron chi connectivity index (χ4n) is 3.87. The number of unbranched alkanes of at least 4 members (excludes halogenated alkanes) is 1. The number of aromatic nitrogens is 2. The van der Waals surface area contributed by atoms with Crippen molar-refractivity contribution in [3.05, 3.63) is 95.0 Å². The number of benzene rings is 3. The molecule has 37 heavy (non-hydrogen) atoms. The number of anilines is 1. The van der Waals surface area contributed by atoms with Crippen LogP contribution in [0, 0.1) is 0 Å². The summed E-state index contributed by atoms with van der Waals surface area (Å²) in [6, 6.07) is 26.2. The highest BCUT2D eigenvalue weighted by Crippen LogP contribution is 2.26. The summed E-state index contributed by atoms with van der Waals surface area (Å²) in [6.07, 6.45) is 1.72. The minimum absolute atomic E-state index is 0.0661. The van der Waals surface area contributed by atoms with Crippen LogP contribution in [0.3, 0.4) is 0 Å². The predicted molar refractivity (Wildman–Crippen MR) is 149 cm³/mol. The van der Waals surface area contributed by atoms with Crippen LogP contribution in [-0.4, -0.2) is 46.7 Å². The molecule has 4 aromatic rings. The van der Waals surface area contributed by atoms with Crippen molar-refractivity contribution < 1.29 is 14.3 Å². The summed E-state index contributed by atoms with van der Waals surface area (Å²) >= 11 is 3.40. The Morgan fingerprint density at radius 1 is 1.00 bits per heavy atom. The maximum Gasteiger partial charge on any atom is 0.254 e. The van der Waals surface area contributed by atoms with Crippen molar-refractivity contribution in [3.8, 4) is 22.7 Å². The molecule has 4 rings (SSSR count). The summed E-state index contributed by atoms with van der Waals surface area (Å²) in [5.41, 5.74) is 2.97. The van der Waals surface area contributed by atoms with E-state index in [1.807, 2.05) is 72.8 Å². The zero-order valence-corrected chi connectivity index (χ0v) is 22.4. The van der Waals surface area contributed by atoms with Crippen molar-refractivity contribution in [2.45, 2.75) is 19.8 Å². The number of amides is 2. The van der Waals surface area contributed by atoms with Crippen LogP contribution in [0.1, 0.15) is 30.1 Å². The molecule has 1 aromatic heterocycles. The molecule has 0 fully saturated rings. The molecule has 0 spiro atoms. The van der Waals surface area contributed by atoms with Crippen LogP contribution >= 0.6 is 15.9 Å². The molecule has 3 aromatic carbocycles. The third kappa shape index (κ3) is 6.65. The van der Waals surface area contributed by atoms with Gasteiger partial charge in [-0.3, -0.25) is 9.59 Å². The van der Waals surface area contributed by atoms with Crippen LogP contribution in [0.25, 0.3) is 16.9 Å². The van der Waals surface area contributed by atoms with Gasteiger partial charge in [-0.05, 0) is 55.0 Å². The number of ether oxygens (including phenoxy) is 1. The highest BCUT2D eigenvalue weighted by Gasteiger charge is 2.20. The van der Waals surface area contributed by atoms with E-state index >= 15 is 0 Å². The number of carbonyl (C=O) groups excluding carboxylic acids is 2. The molecule has 0 aliphatic rings. The number of hydrogen-bond acceptors (Lipinski definition) is 4. The van der Waals surface area contributed by atoms with Gasteiger partial charge in [-0.15, -0.1) is 0 Å². The van der Waals surface area contributed by atoms with E-state index in [4.69, 9.17) is 9.84 Å². The minimum Gasteiger partial charge on any atom is -0.497 e. The molecule has 8 heteroatoms. The summed E-state index contributed by atoms with van der Waals surface area (Å²) in [6.45, 7) is 2.48. The Morgan fingerprint density at radius 2 is 1.70 bits per heavy atom. The van der Waals surface area contributed by atoms with E-state index in [-0.39, 0.29) is 18.4 Å². The summed E-state index contributed by atoms with van der Waals surface area (Å²) in [5, 5.41) is 7.73. The van der Waals surface area contributed by atoms with E-state index in [1.54, 1.807) is 28.8 Å². The normalized spacial score (nSPS) is 10.7. The average molecular weight is 561 g/mol. The van der Waals surface area contributed by atoms with E-state index in [2.05, 4.69) is 28.2 Å². The first kappa shape index (κ1) is 26.2. The van der Waals surface area contributed by atoms with Crippen LogP contribution in [0.4, 0.5) is 5.82 Å². The van der Waals surface area contributed by atoms with E-state index in [9.17, 15) is 9.59 Å². The summed E-state index contributed by atoms with van der Waals surface area (Å²) < 4.78 is 7.85. The number of halogens is 1. The lowest BCUT2D eigenvalue weighted by molar-refractivity contribution is -0.116. The molecule has 0 aliphatic heterocycles. The van der Waals surface area contributed by atoms with Gasteiger partial charge in [0, 0.05) is 28.2 Å². The minimum atomic E-state index is -0.296. The third-order valence-corrected chi connectivity index (χ3v) is 6.39. The first-order chi connectivity index (χ1) is 18.0. The van der Waals surface area contributed by atoms with Crippen molar-refractivity contribution >= 4 is 33.6 Å². The van der Waals surface area contributed by atoms with E-state index in [1.165, 1.54) is 0 Å². The Balaban J connectivity index is 1.59. The van der Waals surface area contributed by atoms with Crippen molar-refractivity contribution in [2.75, 3.05) is 25.5 Å². The lowest BCUT2D eigenvalue weighted by Crippen LogP contribution is -2.39. The molecule has 1 N–H and O–H groups in total. The van der Waals surface area contributed by atoms with Crippen molar-refractivity contribution in [2.24, 2.45) is 0 Å². The molecule has 2 amide bonds.